The fraction of sp³-hybridized carbons (Fsp3) is 0.438. The normalized spacial score (nSPS) is 15.0. The van der Waals surface area contributed by atoms with Gasteiger partial charge in [0.2, 0.25) is 5.91 Å². The summed E-state index contributed by atoms with van der Waals surface area (Å²) in [6.45, 7) is 4.43. The fourth-order valence-corrected chi connectivity index (χ4v) is 2.74. The third-order valence-corrected chi connectivity index (χ3v) is 4.07. The number of hydrogen-bond donors (Lipinski definition) is 0. The van der Waals surface area contributed by atoms with E-state index in [-0.39, 0.29) is 5.91 Å². The Bertz CT molecular complexity index is 602. The van der Waals surface area contributed by atoms with Crippen LogP contribution in [0.1, 0.15) is 30.7 Å². The van der Waals surface area contributed by atoms with Gasteiger partial charge in [0.1, 0.15) is 5.82 Å². The van der Waals surface area contributed by atoms with Gasteiger partial charge in [-0.25, -0.2) is 4.98 Å². The minimum Gasteiger partial charge on any atom is -0.341 e. The molecule has 0 aliphatic carbocycles. The number of amides is 1. The number of aromatic nitrogens is 3. The van der Waals surface area contributed by atoms with Gasteiger partial charge in [0, 0.05) is 63.2 Å². The van der Waals surface area contributed by atoms with Crippen molar-refractivity contribution in [3.8, 4) is 0 Å². The van der Waals surface area contributed by atoms with Crippen LogP contribution in [-0.2, 0) is 17.8 Å². The number of rotatable bonds is 5. The molecular formula is C16H20N4O. The summed E-state index contributed by atoms with van der Waals surface area (Å²) >= 11 is 0. The van der Waals surface area contributed by atoms with E-state index in [2.05, 4.69) is 27.5 Å². The molecule has 5 heteroatoms. The van der Waals surface area contributed by atoms with Crippen molar-refractivity contribution in [2.75, 3.05) is 13.1 Å². The molecule has 110 valence electrons. The van der Waals surface area contributed by atoms with Gasteiger partial charge in [0.05, 0.1) is 0 Å². The zero-order valence-electron chi connectivity index (χ0n) is 12.3. The largest absolute Gasteiger partial charge is 0.341 e. The highest BCUT2D eigenvalue weighted by atomic mass is 16.2. The number of imidazole rings is 1. The molecule has 0 spiro atoms. The van der Waals surface area contributed by atoms with Crippen LogP contribution in [0.25, 0.3) is 0 Å². The maximum absolute atomic E-state index is 12.2. The second kappa shape index (κ2) is 6.08. The van der Waals surface area contributed by atoms with E-state index in [0.29, 0.717) is 12.3 Å². The average Bonchev–Trinajstić information content (AvgIpc) is 2.92. The molecule has 0 bridgehead atoms. The molecule has 0 radical (unpaired) electrons. The first-order valence-corrected chi connectivity index (χ1v) is 7.45. The number of carbonyl (C=O) groups excluding carboxylic acids is 1. The van der Waals surface area contributed by atoms with Crippen LogP contribution in [0.3, 0.4) is 0 Å². The van der Waals surface area contributed by atoms with Crippen molar-refractivity contribution in [1.29, 1.82) is 0 Å². The first kappa shape index (κ1) is 13.8. The Kier molecular flexibility index (Phi) is 3.99. The number of carbonyl (C=O) groups is 1. The minimum absolute atomic E-state index is 0.228. The van der Waals surface area contributed by atoms with E-state index in [4.69, 9.17) is 0 Å². The zero-order valence-corrected chi connectivity index (χ0v) is 12.3. The van der Waals surface area contributed by atoms with Gasteiger partial charge in [-0.3, -0.25) is 9.78 Å². The Morgan fingerprint density at radius 3 is 2.95 bits per heavy atom. The quantitative estimate of drug-likeness (QED) is 0.842. The Hall–Kier alpha value is -2.17. The Balaban J connectivity index is 1.48. The predicted octanol–water partition coefficient (Wildman–Crippen LogP) is 1.86. The van der Waals surface area contributed by atoms with Crippen molar-refractivity contribution in [2.45, 2.75) is 32.2 Å². The monoisotopic (exact) mass is 284 g/mol. The zero-order chi connectivity index (χ0) is 14.7. The van der Waals surface area contributed by atoms with E-state index in [9.17, 15) is 4.79 Å². The van der Waals surface area contributed by atoms with E-state index in [1.165, 1.54) is 5.56 Å². The number of likely N-dealkylation sites (tertiary alicyclic amines) is 1. The molecule has 1 aliphatic heterocycles. The van der Waals surface area contributed by atoms with Crippen LogP contribution in [0.5, 0.6) is 0 Å². The second-order valence-electron chi connectivity index (χ2n) is 5.42. The second-order valence-corrected chi connectivity index (χ2v) is 5.42. The van der Waals surface area contributed by atoms with Gasteiger partial charge in [0.25, 0.3) is 0 Å². The van der Waals surface area contributed by atoms with Crippen molar-refractivity contribution in [1.82, 2.24) is 19.4 Å². The van der Waals surface area contributed by atoms with Crippen molar-refractivity contribution >= 4 is 5.91 Å². The standard InChI is InChI=1S/C16H20N4O/c1-2-15-18-7-9-19(15)8-5-16(21)20-11-14(12-20)13-4-3-6-17-10-13/h3-4,6-7,9-10,14H,2,5,8,11-12H2,1H3. The van der Waals surface area contributed by atoms with Crippen molar-refractivity contribution in [3.63, 3.8) is 0 Å². The molecule has 2 aromatic heterocycles. The van der Waals surface area contributed by atoms with Crippen LogP contribution in [0.2, 0.25) is 0 Å². The van der Waals surface area contributed by atoms with Crippen LogP contribution in [0.4, 0.5) is 0 Å². The van der Waals surface area contributed by atoms with Crippen molar-refractivity contribution in [2.24, 2.45) is 0 Å². The lowest BCUT2D eigenvalue weighted by Crippen LogP contribution is -2.48. The SMILES string of the molecule is CCc1nccn1CCC(=O)N1CC(c2cccnc2)C1. The maximum Gasteiger partial charge on any atom is 0.224 e. The summed E-state index contributed by atoms with van der Waals surface area (Å²) in [7, 11) is 0. The van der Waals surface area contributed by atoms with Crippen LogP contribution in [-0.4, -0.2) is 38.4 Å². The summed E-state index contributed by atoms with van der Waals surface area (Å²) < 4.78 is 2.07. The Morgan fingerprint density at radius 1 is 1.38 bits per heavy atom. The molecule has 3 rings (SSSR count). The lowest BCUT2D eigenvalue weighted by Gasteiger charge is -2.39. The molecule has 1 amide bonds. The summed E-state index contributed by atoms with van der Waals surface area (Å²) in [5, 5.41) is 0. The van der Waals surface area contributed by atoms with E-state index in [1.807, 2.05) is 23.4 Å². The molecule has 21 heavy (non-hydrogen) atoms. The van der Waals surface area contributed by atoms with Gasteiger partial charge >= 0.3 is 0 Å². The first-order valence-electron chi connectivity index (χ1n) is 7.45. The highest BCUT2D eigenvalue weighted by molar-refractivity contribution is 5.77. The number of pyridine rings is 1. The number of aryl methyl sites for hydroxylation is 2. The van der Waals surface area contributed by atoms with Gasteiger partial charge in [-0.05, 0) is 11.6 Å². The van der Waals surface area contributed by atoms with Crippen molar-refractivity contribution in [3.05, 3.63) is 48.3 Å². The third-order valence-electron chi connectivity index (χ3n) is 4.07. The Labute approximate surface area is 124 Å². The van der Waals surface area contributed by atoms with Gasteiger partial charge < -0.3 is 9.47 Å². The molecule has 0 aromatic carbocycles. The van der Waals surface area contributed by atoms with E-state index in [0.717, 1.165) is 31.9 Å². The van der Waals surface area contributed by atoms with Gasteiger partial charge in [-0.2, -0.15) is 0 Å². The lowest BCUT2D eigenvalue weighted by atomic mass is 9.92. The lowest BCUT2D eigenvalue weighted by molar-refractivity contribution is -0.135. The molecule has 0 saturated carbocycles. The minimum atomic E-state index is 0.228. The van der Waals surface area contributed by atoms with Crippen LogP contribution < -0.4 is 0 Å². The summed E-state index contributed by atoms with van der Waals surface area (Å²) in [5.74, 6) is 1.72. The van der Waals surface area contributed by atoms with E-state index >= 15 is 0 Å². The Morgan fingerprint density at radius 2 is 2.24 bits per heavy atom. The van der Waals surface area contributed by atoms with E-state index < -0.39 is 0 Å². The molecule has 1 saturated heterocycles. The molecule has 1 aliphatic rings. The average molecular weight is 284 g/mol. The topological polar surface area (TPSA) is 51.0 Å². The summed E-state index contributed by atoms with van der Waals surface area (Å²) in [6.07, 6.45) is 8.86. The molecular weight excluding hydrogens is 264 g/mol. The first-order chi connectivity index (χ1) is 10.3. The molecule has 5 nitrogen and oxygen atoms in total. The fourth-order valence-electron chi connectivity index (χ4n) is 2.74. The molecule has 0 atom stereocenters. The van der Waals surface area contributed by atoms with Gasteiger partial charge in [-0.1, -0.05) is 13.0 Å². The van der Waals surface area contributed by atoms with Crippen LogP contribution >= 0.6 is 0 Å². The summed E-state index contributed by atoms with van der Waals surface area (Å²) in [6, 6.07) is 4.03. The van der Waals surface area contributed by atoms with Crippen LogP contribution in [0, 0.1) is 0 Å². The number of hydrogen-bond acceptors (Lipinski definition) is 3. The maximum atomic E-state index is 12.2. The molecule has 0 unspecified atom stereocenters. The summed E-state index contributed by atoms with van der Waals surface area (Å²) in [5.41, 5.74) is 1.23. The molecule has 1 fully saturated rings. The van der Waals surface area contributed by atoms with Crippen LogP contribution in [0.15, 0.2) is 36.9 Å². The molecule has 2 aromatic rings. The number of nitrogens with zero attached hydrogens (tertiary/aromatic N) is 4. The molecule has 0 N–H and O–H groups in total. The van der Waals surface area contributed by atoms with E-state index in [1.54, 1.807) is 12.4 Å². The van der Waals surface area contributed by atoms with Crippen molar-refractivity contribution < 1.29 is 4.79 Å². The highest BCUT2D eigenvalue weighted by Crippen LogP contribution is 2.26. The molecule has 3 heterocycles. The summed E-state index contributed by atoms with van der Waals surface area (Å²) in [4.78, 5) is 22.5. The van der Waals surface area contributed by atoms with Gasteiger partial charge in [0.15, 0.2) is 0 Å². The third kappa shape index (κ3) is 2.96. The predicted molar refractivity (Wildman–Crippen MR) is 79.8 cm³/mol. The highest BCUT2D eigenvalue weighted by Gasteiger charge is 2.31. The smallest absolute Gasteiger partial charge is 0.224 e. The van der Waals surface area contributed by atoms with Gasteiger partial charge in [-0.15, -0.1) is 0 Å².